The molecule has 0 saturated carbocycles. The molecule has 0 bridgehead atoms. The number of carbonyl (C=O) groups excluding carboxylic acids is 3. The van der Waals surface area contributed by atoms with E-state index in [0.717, 1.165) is 11.8 Å². The molecule has 3 amide bonds. The first-order valence-electron chi connectivity index (χ1n) is 6.04. The maximum Gasteiger partial charge on any atom is 0.323 e. The van der Waals surface area contributed by atoms with Gasteiger partial charge in [0.15, 0.2) is 0 Å². The molecular weight excluding hydrogens is 298 g/mol. The van der Waals surface area contributed by atoms with Gasteiger partial charge in [-0.25, -0.2) is 4.79 Å². The Morgan fingerprint density at radius 1 is 1.48 bits per heavy atom. The van der Waals surface area contributed by atoms with Crippen LogP contribution >= 0.6 is 11.8 Å². The van der Waals surface area contributed by atoms with Gasteiger partial charge in [-0.15, -0.1) is 11.8 Å². The highest BCUT2D eigenvalue weighted by Gasteiger charge is 2.15. The highest BCUT2D eigenvalue weighted by Crippen LogP contribution is 2.02. The van der Waals surface area contributed by atoms with Crippen molar-refractivity contribution in [3.05, 3.63) is 24.2 Å². The second-order valence-electron chi connectivity index (χ2n) is 3.95. The summed E-state index contributed by atoms with van der Waals surface area (Å²) in [6.45, 7) is 0.187. The minimum Gasteiger partial charge on any atom is -0.468 e. The lowest BCUT2D eigenvalue weighted by molar-refractivity contribution is -0.141. The maximum absolute atomic E-state index is 11.5. The Balaban J connectivity index is 2.15. The summed E-state index contributed by atoms with van der Waals surface area (Å²) in [6, 6.07) is 1.99. The number of methoxy groups -OCH3 is 1. The van der Waals surface area contributed by atoms with Crippen LogP contribution in [0.1, 0.15) is 5.76 Å². The van der Waals surface area contributed by atoms with Crippen molar-refractivity contribution in [1.82, 2.24) is 10.6 Å². The van der Waals surface area contributed by atoms with Gasteiger partial charge in [0, 0.05) is 5.75 Å². The smallest absolute Gasteiger partial charge is 0.323 e. The summed E-state index contributed by atoms with van der Waals surface area (Å²) in [5.41, 5.74) is 5.50. The van der Waals surface area contributed by atoms with Crippen LogP contribution in [0.2, 0.25) is 0 Å². The van der Waals surface area contributed by atoms with Crippen LogP contribution in [0.3, 0.4) is 0 Å². The summed E-state index contributed by atoms with van der Waals surface area (Å²) in [7, 11) is 1.24. The fourth-order valence-electron chi connectivity index (χ4n) is 1.29. The third kappa shape index (κ3) is 6.82. The van der Waals surface area contributed by atoms with Gasteiger partial charge in [0.1, 0.15) is 11.8 Å². The Kier molecular flexibility index (Phi) is 7.33. The molecule has 1 aromatic rings. The first kappa shape index (κ1) is 17.1. The average Bonchev–Trinajstić information content (AvgIpc) is 2.97. The molecule has 1 heterocycles. The molecule has 9 heteroatoms. The number of carbonyl (C=O) groups is 3. The van der Waals surface area contributed by atoms with E-state index in [1.54, 1.807) is 12.1 Å². The van der Waals surface area contributed by atoms with E-state index in [1.165, 1.54) is 13.4 Å². The topological polar surface area (TPSA) is 124 Å². The lowest BCUT2D eigenvalue weighted by atomic mass is 10.4. The molecule has 1 atom stereocenters. The second-order valence-corrected chi connectivity index (χ2v) is 4.99. The third-order valence-electron chi connectivity index (χ3n) is 2.29. The van der Waals surface area contributed by atoms with Crippen molar-refractivity contribution in [2.45, 2.75) is 12.6 Å². The number of esters is 1. The second kappa shape index (κ2) is 9.03. The number of furan rings is 1. The molecule has 0 fully saturated rings. The van der Waals surface area contributed by atoms with Crippen molar-refractivity contribution < 1.29 is 23.5 Å². The number of nitrogens with two attached hydrogens (primary N) is 1. The molecular formula is C12H17N3O5S. The van der Waals surface area contributed by atoms with E-state index >= 15 is 0 Å². The number of hydrogen-bond donors (Lipinski definition) is 3. The van der Waals surface area contributed by atoms with Crippen LogP contribution in [0.5, 0.6) is 0 Å². The third-order valence-corrected chi connectivity index (χ3v) is 3.35. The van der Waals surface area contributed by atoms with Crippen LogP contribution in [0.15, 0.2) is 22.8 Å². The van der Waals surface area contributed by atoms with Gasteiger partial charge in [-0.2, -0.15) is 0 Å². The summed E-state index contributed by atoms with van der Waals surface area (Å²) in [5, 5.41) is 4.62. The molecule has 1 unspecified atom stereocenters. The Morgan fingerprint density at radius 2 is 2.24 bits per heavy atom. The average molecular weight is 315 g/mol. The first-order valence-corrected chi connectivity index (χ1v) is 7.19. The van der Waals surface area contributed by atoms with E-state index in [4.69, 9.17) is 10.2 Å². The van der Waals surface area contributed by atoms with E-state index in [2.05, 4.69) is 15.4 Å². The first-order chi connectivity index (χ1) is 10.0. The summed E-state index contributed by atoms with van der Waals surface area (Å²) < 4.78 is 9.47. The lowest BCUT2D eigenvalue weighted by Crippen LogP contribution is -2.40. The largest absolute Gasteiger partial charge is 0.468 e. The van der Waals surface area contributed by atoms with Crippen molar-refractivity contribution >= 4 is 29.7 Å². The van der Waals surface area contributed by atoms with Crippen molar-refractivity contribution in [1.29, 1.82) is 0 Å². The Hall–Kier alpha value is -2.00. The summed E-state index contributed by atoms with van der Waals surface area (Å²) in [5.74, 6) is -0.198. The van der Waals surface area contributed by atoms with Crippen LogP contribution in [0, 0.1) is 0 Å². The minimum absolute atomic E-state index is 0.0128. The van der Waals surface area contributed by atoms with Gasteiger partial charge in [0.25, 0.3) is 0 Å². The Bertz CT molecular complexity index is 477. The van der Waals surface area contributed by atoms with Gasteiger partial charge >= 0.3 is 12.0 Å². The molecule has 1 aromatic heterocycles. The normalized spacial score (nSPS) is 11.5. The lowest BCUT2D eigenvalue weighted by Gasteiger charge is -2.08. The van der Waals surface area contributed by atoms with Gasteiger partial charge in [-0.1, -0.05) is 0 Å². The van der Waals surface area contributed by atoms with Crippen LogP contribution in [-0.2, 0) is 20.9 Å². The van der Waals surface area contributed by atoms with Crippen molar-refractivity contribution in [3.8, 4) is 0 Å². The molecule has 8 nitrogen and oxygen atoms in total. The van der Waals surface area contributed by atoms with Gasteiger partial charge < -0.3 is 20.2 Å². The molecule has 21 heavy (non-hydrogen) atoms. The van der Waals surface area contributed by atoms with E-state index in [9.17, 15) is 14.4 Å². The number of rotatable bonds is 7. The molecule has 1 rings (SSSR count). The van der Waals surface area contributed by atoms with Crippen LogP contribution in [0.25, 0.3) is 0 Å². The number of urea groups is 1. The van der Waals surface area contributed by atoms with Crippen molar-refractivity contribution in [3.63, 3.8) is 0 Å². The number of ether oxygens (including phenoxy) is 1. The van der Waals surface area contributed by atoms with Gasteiger partial charge in [0.05, 0.1) is 25.7 Å². The highest BCUT2D eigenvalue weighted by molar-refractivity contribution is 8.00. The Labute approximate surface area is 125 Å². The molecule has 0 aliphatic heterocycles. The standard InChI is InChI=1S/C12H17N3O5S/c1-19-11(17)9(13)6-21-7-10(16)15-12(18)14-5-8-3-2-4-20-8/h2-4,9H,5-7,13H2,1H3,(H2,14,15,16,18). The van der Waals surface area contributed by atoms with E-state index in [-0.39, 0.29) is 18.1 Å². The van der Waals surface area contributed by atoms with Crippen molar-refractivity contribution in [2.24, 2.45) is 5.73 Å². The quantitative estimate of drug-likeness (QED) is 0.597. The zero-order valence-corrected chi connectivity index (χ0v) is 12.3. The fourth-order valence-corrected chi connectivity index (χ4v) is 2.05. The molecule has 0 aromatic carbocycles. The fraction of sp³-hybridized carbons (Fsp3) is 0.417. The van der Waals surface area contributed by atoms with Gasteiger partial charge in [0.2, 0.25) is 5.91 Å². The summed E-state index contributed by atoms with van der Waals surface area (Å²) >= 11 is 1.13. The Morgan fingerprint density at radius 3 is 2.86 bits per heavy atom. The number of amides is 3. The molecule has 0 radical (unpaired) electrons. The summed E-state index contributed by atoms with van der Waals surface area (Å²) in [6.07, 6.45) is 1.49. The molecule has 116 valence electrons. The van der Waals surface area contributed by atoms with E-state index in [1.807, 2.05) is 0 Å². The summed E-state index contributed by atoms with van der Waals surface area (Å²) in [4.78, 5) is 33.9. The minimum atomic E-state index is -0.791. The molecule has 4 N–H and O–H groups in total. The highest BCUT2D eigenvalue weighted by atomic mass is 32.2. The zero-order chi connectivity index (χ0) is 15.7. The molecule has 0 aliphatic rings. The monoisotopic (exact) mass is 315 g/mol. The van der Waals surface area contributed by atoms with Gasteiger partial charge in [-0.3, -0.25) is 14.9 Å². The van der Waals surface area contributed by atoms with Crippen molar-refractivity contribution in [2.75, 3.05) is 18.6 Å². The van der Waals surface area contributed by atoms with Crippen LogP contribution in [0.4, 0.5) is 4.79 Å². The predicted octanol–water partition coefficient (Wildman–Crippen LogP) is -0.161. The molecule has 0 spiro atoms. The maximum atomic E-state index is 11.5. The van der Waals surface area contributed by atoms with E-state index < -0.39 is 23.9 Å². The SMILES string of the molecule is COC(=O)C(N)CSCC(=O)NC(=O)NCc1ccco1. The number of thioether (sulfide) groups is 1. The van der Waals surface area contributed by atoms with Gasteiger partial charge in [-0.05, 0) is 12.1 Å². The molecule has 0 saturated heterocycles. The number of hydrogen-bond acceptors (Lipinski definition) is 7. The number of nitrogens with one attached hydrogen (secondary N) is 2. The van der Waals surface area contributed by atoms with Crippen LogP contribution in [-0.4, -0.2) is 42.6 Å². The molecule has 0 aliphatic carbocycles. The predicted molar refractivity (Wildman–Crippen MR) is 76.4 cm³/mol. The number of imide groups is 1. The van der Waals surface area contributed by atoms with Crippen LogP contribution < -0.4 is 16.4 Å². The van der Waals surface area contributed by atoms with E-state index in [0.29, 0.717) is 5.76 Å². The zero-order valence-electron chi connectivity index (χ0n) is 11.5.